The minimum Gasteiger partial charge on any atom is -0.429 e. The number of carbonyl (C=O) groups excluding carboxylic acids is 1. The van der Waals surface area contributed by atoms with E-state index in [1.54, 1.807) is 0 Å². The maximum atomic E-state index is 13.2. The quantitative estimate of drug-likeness (QED) is 0.373. The van der Waals surface area contributed by atoms with Crippen molar-refractivity contribution in [2.45, 2.75) is 70.1 Å². The van der Waals surface area contributed by atoms with Gasteiger partial charge in [0.25, 0.3) is 0 Å². The average Bonchev–Trinajstić information content (AvgIpc) is 2.66. The molecule has 6 rings (SSSR count). The lowest BCUT2D eigenvalue weighted by molar-refractivity contribution is -0.434. The Morgan fingerprint density at radius 2 is 1.81 bits per heavy atom. The van der Waals surface area contributed by atoms with Crippen LogP contribution >= 0.6 is 0 Å². The van der Waals surface area contributed by atoms with Gasteiger partial charge < -0.3 is 25.2 Å². The van der Waals surface area contributed by atoms with Crippen molar-refractivity contribution in [3.63, 3.8) is 0 Å². The van der Waals surface area contributed by atoms with Gasteiger partial charge in [-0.3, -0.25) is 4.79 Å². The van der Waals surface area contributed by atoms with Gasteiger partial charge in [-0.2, -0.15) is 0 Å². The molecule has 4 saturated carbocycles. The van der Waals surface area contributed by atoms with Crippen molar-refractivity contribution in [3.05, 3.63) is 12.2 Å². The fourth-order valence-corrected chi connectivity index (χ4v) is 8.06. The van der Waals surface area contributed by atoms with Gasteiger partial charge in [0, 0.05) is 11.8 Å². The SMILES string of the molecule is C=C1[C@H]2CCC3[C@]45CCCC(C)(C)C4[C@H](O)C(O)(OC5=O)[C@@]3([C@@H]1O)[C@@H]2O. The first-order valence-electron chi connectivity index (χ1n) is 9.75. The summed E-state index contributed by atoms with van der Waals surface area (Å²) in [5.41, 5.74) is -2.35. The zero-order valence-corrected chi connectivity index (χ0v) is 15.3. The number of aliphatic hydroxyl groups excluding tert-OH is 3. The molecule has 2 heterocycles. The third-order valence-electron chi connectivity index (χ3n) is 8.89. The highest BCUT2D eigenvalue weighted by molar-refractivity contribution is 5.82. The van der Waals surface area contributed by atoms with Crippen molar-refractivity contribution in [1.29, 1.82) is 0 Å². The Labute approximate surface area is 152 Å². The molecule has 6 aliphatic rings. The van der Waals surface area contributed by atoms with Gasteiger partial charge in [-0.15, -0.1) is 0 Å². The van der Waals surface area contributed by atoms with E-state index >= 15 is 0 Å². The van der Waals surface area contributed by atoms with Crippen LogP contribution in [0.3, 0.4) is 0 Å². The van der Waals surface area contributed by atoms with Crippen LogP contribution in [0.5, 0.6) is 0 Å². The Balaban J connectivity index is 1.82. The summed E-state index contributed by atoms with van der Waals surface area (Å²) in [6.45, 7) is 8.01. The lowest BCUT2D eigenvalue weighted by Gasteiger charge is -2.73. The van der Waals surface area contributed by atoms with E-state index in [0.29, 0.717) is 24.8 Å². The molecule has 4 N–H and O–H groups in total. The van der Waals surface area contributed by atoms with Gasteiger partial charge in [0.2, 0.25) is 5.79 Å². The molecule has 0 aromatic heterocycles. The van der Waals surface area contributed by atoms with Crippen LogP contribution < -0.4 is 0 Å². The molecule has 3 unspecified atom stereocenters. The van der Waals surface area contributed by atoms with E-state index in [1.807, 2.05) is 13.8 Å². The number of fused-ring (bicyclic) bond motifs is 2. The molecule has 2 aliphatic heterocycles. The Morgan fingerprint density at radius 1 is 1.12 bits per heavy atom. The maximum absolute atomic E-state index is 13.2. The molecule has 0 aromatic carbocycles. The van der Waals surface area contributed by atoms with Crippen LogP contribution in [0.2, 0.25) is 0 Å². The average molecular weight is 364 g/mol. The number of rotatable bonds is 0. The van der Waals surface area contributed by atoms with Gasteiger partial charge >= 0.3 is 5.97 Å². The molecule has 6 fully saturated rings. The highest BCUT2D eigenvalue weighted by atomic mass is 16.7. The predicted molar refractivity (Wildman–Crippen MR) is 90.4 cm³/mol. The van der Waals surface area contributed by atoms with E-state index in [2.05, 4.69) is 6.58 Å². The number of ether oxygens (including phenoxy) is 1. The molecular weight excluding hydrogens is 336 g/mol. The Kier molecular flexibility index (Phi) is 3.00. The van der Waals surface area contributed by atoms with E-state index in [9.17, 15) is 25.2 Å². The summed E-state index contributed by atoms with van der Waals surface area (Å²) in [4.78, 5) is 13.2. The summed E-state index contributed by atoms with van der Waals surface area (Å²) < 4.78 is 5.52. The molecule has 2 spiro atoms. The summed E-state index contributed by atoms with van der Waals surface area (Å²) in [6, 6.07) is 0. The smallest absolute Gasteiger partial charge is 0.315 e. The van der Waals surface area contributed by atoms with E-state index < -0.39 is 52.7 Å². The predicted octanol–water partition coefficient (Wildman–Crippen LogP) is 0.723. The zero-order valence-electron chi connectivity index (χ0n) is 15.3. The largest absolute Gasteiger partial charge is 0.429 e. The molecule has 6 nitrogen and oxygen atoms in total. The van der Waals surface area contributed by atoms with Crippen LogP contribution in [-0.4, -0.2) is 50.5 Å². The zero-order chi connectivity index (χ0) is 18.9. The molecule has 4 bridgehead atoms. The van der Waals surface area contributed by atoms with Crippen LogP contribution in [0.25, 0.3) is 0 Å². The molecule has 0 aromatic rings. The minimum absolute atomic E-state index is 0.345. The van der Waals surface area contributed by atoms with Crippen LogP contribution in [-0.2, 0) is 9.53 Å². The minimum atomic E-state index is -2.30. The summed E-state index contributed by atoms with van der Waals surface area (Å²) in [7, 11) is 0. The first-order valence-corrected chi connectivity index (χ1v) is 9.75. The number of aliphatic hydroxyl groups is 4. The number of carbonyl (C=O) groups is 1. The standard InChI is InChI=1S/C20H28O6/c1-9-10-5-6-11-18-8-4-7-17(2,3)12(18)15(23)20(25,26-16(18)24)19(11,13(9)21)14(10)22/h10-15,21-23,25H,1,4-8H2,2-3H3/t10-,11?,12?,13-,14-,15+,18-,19+,20?/m1/s1. The topological polar surface area (TPSA) is 107 Å². The Bertz CT molecular complexity index is 717. The Hall–Kier alpha value is -0.950. The molecule has 26 heavy (non-hydrogen) atoms. The molecule has 4 aliphatic carbocycles. The second-order valence-corrected chi connectivity index (χ2v) is 9.98. The molecule has 144 valence electrons. The molecule has 6 heteroatoms. The summed E-state index contributed by atoms with van der Waals surface area (Å²) >= 11 is 0. The van der Waals surface area contributed by atoms with Gasteiger partial charge in [-0.25, -0.2) is 0 Å². The molecular formula is C20H28O6. The van der Waals surface area contributed by atoms with Gasteiger partial charge in [0.05, 0.1) is 23.0 Å². The maximum Gasteiger partial charge on any atom is 0.315 e. The molecule has 0 amide bonds. The highest BCUT2D eigenvalue weighted by Gasteiger charge is 2.88. The van der Waals surface area contributed by atoms with E-state index in [4.69, 9.17) is 4.74 Å². The fraction of sp³-hybridized carbons (Fsp3) is 0.850. The highest BCUT2D eigenvalue weighted by Crippen LogP contribution is 2.77. The molecule has 0 radical (unpaired) electrons. The van der Waals surface area contributed by atoms with Gasteiger partial charge in [-0.1, -0.05) is 26.8 Å². The van der Waals surface area contributed by atoms with Crippen LogP contribution in [0.15, 0.2) is 12.2 Å². The third-order valence-corrected chi connectivity index (χ3v) is 8.89. The molecule has 2 saturated heterocycles. The summed E-state index contributed by atoms with van der Waals surface area (Å²) in [5.74, 6) is -4.02. The van der Waals surface area contributed by atoms with Gasteiger partial charge in [-0.05, 0) is 42.6 Å². The second kappa shape index (κ2) is 4.54. The van der Waals surface area contributed by atoms with Crippen LogP contribution in [0.4, 0.5) is 0 Å². The van der Waals surface area contributed by atoms with Crippen molar-refractivity contribution in [2.75, 3.05) is 0 Å². The number of esters is 1. The lowest BCUT2D eigenvalue weighted by Crippen LogP contribution is -2.85. The molecule has 9 atom stereocenters. The summed E-state index contributed by atoms with van der Waals surface area (Å²) in [6.07, 6.45) is -0.194. The van der Waals surface area contributed by atoms with Crippen molar-refractivity contribution >= 4 is 5.97 Å². The number of hydrogen-bond acceptors (Lipinski definition) is 6. The second-order valence-electron chi connectivity index (χ2n) is 9.98. The Morgan fingerprint density at radius 3 is 2.50 bits per heavy atom. The first kappa shape index (κ1) is 17.2. The normalized spacial score (nSPS) is 59.6. The fourth-order valence-electron chi connectivity index (χ4n) is 8.06. The van der Waals surface area contributed by atoms with Gasteiger partial charge in [0.15, 0.2) is 0 Å². The van der Waals surface area contributed by atoms with Crippen molar-refractivity contribution < 1.29 is 30.0 Å². The van der Waals surface area contributed by atoms with Crippen molar-refractivity contribution in [1.82, 2.24) is 0 Å². The third kappa shape index (κ3) is 1.38. The van der Waals surface area contributed by atoms with Crippen molar-refractivity contribution in [2.24, 2.45) is 34.0 Å². The monoisotopic (exact) mass is 364 g/mol. The van der Waals surface area contributed by atoms with E-state index in [0.717, 1.165) is 12.8 Å². The van der Waals surface area contributed by atoms with E-state index in [-0.39, 0.29) is 11.3 Å². The first-order chi connectivity index (χ1) is 12.1. The number of hydrogen-bond donors (Lipinski definition) is 4. The van der Waals surface area contributed by atoms with Gasteiger partial charge in [0.1, 0.15) is 6.10 Å². The van der Waals surface area contributed by atoms with Crippen molar-refractivity contribution in [3.8, 4) is 0 Å². The van der Waals surface area contributed by atoms with Crippen LogP contribution in [0.1, 0.15) is 46.0 Å². The van der Waals surface area contributed by atoms with Crippen LogP contribution in [0, 0.1) is 34.0 Å². The lowest BCUT2D eigenvalue weighted by atomic mass is 9.36. The van der Waals surface area contributed by atoms with E-state index in [1.165, 1.54) is 0 Å². The summed E-state index contributed by atoms with van der Waals surface area (Å²) in [5, 5.41) is 45.2.